The molecule has 0 saturated carbocycles. The Morgan fingerprint density at radius 3 is 2.55 bits per heavy atom. The van der Waals surface area contributed by atoms with Crippen LogP contribution in [0, 0.1) is 0 Å². The topological polar surface area (TPSA) is 77.5 Å². The normalized spacial score (nSPS) is 17.6. The average molecular weight is 399 g/mol. The summed E-state index contributed by atoms with van der Waals surface area (Å²) < 4.78 is 22.0. The summed E-state index contributed by atoms with van der Waals surface area (Å²) in [4.78, 5) is 13.3. The number of hydrogen-bond acceptors (Lipinski definition) is 6. The van der Waals surface area contributed by atoms with Gasteiger partial charge in [-0.3, -0.25) is 4.90 Å². The van der Waals surface area contributed by atoms with Crippen molar-refractivity contribution in [2.24, 2.45) is 0 Å². The van der Waals surface area contributed by atoms with Gasteiger partial charge in [-0.2, -0.15) is 0 Å². The van der Waals surface area contributed by atoms with Gasteiger partial charge in [0.05, 0.1) is 21.3 Å². The van der Waals surface area contributed by atoms with Crippen molar-refractivity contribution in [3.63, 3.8) is 0 Å². The van der Waals surface area contributed by atoms with Gasteiger partial charge < -0.3 is 24.1 Å². The molecule has 4 rings (SSSR count). The van der Waals surface area contributed by atoms with Crippen LogP contribution in [-0.2, 0) is 24.2 Å². The lowest BCUT2D eigenvalue weighted by Crippen LogP contribution is -2.39. The largest absolute Gasteiger partial charge is 0.493 e. The summed E-state index contributed by atoms with van der Waals surface area (Å²) in [7, 11) is 4.91. The molecule has 154 valence electrons. The van der Waals surface area contributed by atoms with Crippen molar-refractivity contribution < 1.29 is 28.8 Å². The van der Waals surface area contributed by atoms with Crippen LogP contribution in [0.2, 0.25) is 0 Å². The minimum atomic E-state index is -1.01. The van der Waals surface area contributed by atoms with Gasteiger partial charge in [0, 0.05) is 24.7 Å². The van der Waals surface area contributed by atoms with Gasteiger partial charge in [-0.1, -0.05) is 6.07 Å². The van der Waals surface area contributed by atoms with Crippen molar-refractivity contribution in [1.29, 1.82) is 0 Å². The van der Waals surface area contributed by atoms with E-state index >= 15 is 0 Å². The summed E-state index contributed by atoms with van der Waals surface area (Å²) in [5, 5.41) is 8.91. The predicted octanol–water partition coefficient (Wildman–Crippen LogP) is 2.83. The quantitative estimate of drug-likeness (QED) is 0.800. The third-order valence-electron chi connectivity index (χ3n) is 5.76. The fourth-order valence-electron chi connectivity index (χ4n) is 4.41. The minimum absolute atomic E-state index is 0.228. The van der Waals surface area contributed by atoms with Crippen molar-refractivity contribution in [2.75, 3.05) is 34.5 Å². The highest BCUT2D eigenvalue weighted by Crippen LogP contribution is 2.45. The molecule has 0 aliphatic carbocycles. The fourth-order valence-corrected chi connectivity index (χ4v) is 4.41. The molecule has 1 unspecified atom stereocenters. The molecule has 1 N–H and O–H groups in total. The smallest absolute Gasteiger partial charge is 0.341 e. The Labute approximate surface area is 169 Å². The zero-order valence-electron chi connectivity index (χ0n) is 16.9. The van der Waals surface area contributed by atoms with Crippen molar-refractivity contribution in [1.82, 2.24) is 4.90 Å². The Morgan fingerprint density at radius 2 is 1.86 bits per heavy atom. The van der Waals surface area contributed by atoms with Gasteiger partial charge in [-0.05, 0) is 47.7 Å². The van der Waals surface area contributed by atoms with Crippen LogP contribution in [0.1, 0.15) is 28.3 Å². The number of rotatable bonds is 6. The first kappa shape index (κ1) is 19.4. The second kappa shape index (κ2) is 7.83. The molecular formula is C22H25NO6. The molecule has 2 aliphatic heterocycles. The highest BCUT2D eigenvalue weighted by atomic mass is 16.5. The van der Waals surface area contributed by atoms with Crippen LogP contribution in [-0.4, -0.2) is 50.5 Å². The summed E-state index contributed by atoms with van der Waals surface area (Å²) in [5.74, 6) is 1.59. The number of methoxy groups -OCH3 is 3. The van der Waals surface area contributed by atoms with E-state index in [0.29, 0.717) is 11.5 Å². The van der Waals surface area contributed by atoms with Crippen LogP contribution in [0.4, 0.5) is 0 Å². The van der Waals surface area contributed by atoms with Crippen LogP contribution in [0.3, 0.4) is 0 Å². The minimum Gasteiger partial charge on any atom is -0.493 e. The number of benzene rings is 2. The molecule has 1 atom stereocenters. The van der Waals surface area contributed by atoms with Crippen molar-refractivity contribution >= 4 is 5.97 Å². The summed E-state index contributed by atoms with van der Waals surface area (Å²) in [5.41, 5.74) is 4.81. The molecule has 0 amide bonds. The molecule has 0 spiro atoms. The Morgan fingerprint density at radius 1 is 1.07 bits per heavy atom. The number of carboxylic acids is 1. The van der Waals surface area contributed by atoms with E-state index in [1.54, 1.807) is 21.3 Å². The summed E-state index contributed by atoms with van der Waals surface area (Å²) in [6, 6.07) is 8.23. The first-order chi connectivity index (χ1) is 14.0. The fraction of sp³-hybridized carbons (Fsp3) is 0.409. The Hall–Kier alpha value is -2.93. The molecule has 2 heterocycles. The number of hydrogen-bond donors (Lipinski definition) is 1. The number of aliphatic carboxylic acids is 1. The molecule has 0 radical (unpaired) electrons. The molecule has 7 nitrogen and oxygen atoms in total. The van der Waals surface area contributed by atoms with Gasteiger partial charge in [0.1, 0.15) is 0 Å². The Bertz CT molecular complexity index is 941. The van der Waals surface area contributed by atoms with E-state index in [9.17, 15) is 4.79 Å². The van der Waals surface area contributed by atoms with E-state index in [-0.39, 0.29) is 12.6 Å². The van der Waals surface area contributed by atoms with Crippen LogP contribution < -0.4 is 18.9 Å². The molecule has 7 heteroatoms. The molecular weight excluding hydrogens is 374 g/mol. The third kappa shape index (κ3) is 3.46. The first-order valence-electron chi connectivity index (χ1n) is 9.57. The van der Waals surface area contributed by atoms with Crippen molar-refractivity contribution in [3.05, 3.63) is 46.5 Å². The van der Waals surface area contributed by atoms with Gasteiger partial charge in [0.15, 0.2) is 29.6 Å². The van der Waals surface area contributed by atoms with Gasteiger partial charge in [0.25, 0.3) is 0 Å². The van der Waals surface area contributed by atoms with Gasteiger partial charge >= 0.3 is 5.97 Å². The standard InChI is InChI=1S/C22H25NO6/c1-26-18-5-4-13-8-17-15-10-19(27-2)20(29-12-21(24)25)9-14(15)6-7-23(17)11-16(13)22(18)28-3/h4-5,9-10,17H,6-8,11-12H2,1-3H3,(H,24,25). The van der Waals surface area contributed by atoms with E-state index in [4.69, 9.17) is 24.1 Å². The van der Waals surface area contributed by atoms with E-state index in [1.165, 1.54) is 22.3 Å². The zero-order chi connectivity index (χ0) is 20.5. The third-order valence-corrected chi connectivity index (χ3v) is 5.76. The first-order valence-corrected chi connectivity index (χ1v) is 9.57. The second-order valence-corrected chi connectivity index (χ2v) is 7.26. The van der Waals surface area contributed by atoms with Crippen LogP contribution in [0.5, 0.6) is 23.0 Å². The number of ether oxygens (including phenoxy) is 4. The van der Waals surface area contributed by atoms with E-state index in [2.05, 4.69) is 11.0 Å². The lowest BCUT2D eigenvalue weighted by molar-refractivity contribution is -0.139. The molecule has 0 bridgehead atoms. The number of fused-ring (bicyclic) bond motifs is 4. The highest BCUT2D eigenvalue weighted by molar-refractivity contribution is 5.68. The van der Waals surface area contributed by atoms with E-state index in [0.717, 1.165) is 37.4 Å². The van der Waals surface area contributed by atoms with Crippen molar-refractivity contribution in [2.45, 2.75) is 25.4 Å². The average Bonchev–Trinajstić information content (AvgIpc) is 2.74. The molecule has 0 fully saturated rings. The SMILES string of the molecule is COc1cc2c(cc1OCC(=O)O)CCN1Cc3c(ccc(OC)c3OC)CC21. The van der Waals surface area contributed by atoms with E-state index < -0.39 is 5.97 Å². The maximum absolute atomic E-state index is 10.9. The molecule has 2 aliphatic rings. The lowest BCUT2D eigenvalue weighted by Gasteiger charge is -2.42. The van der Waals surface area contributed by atoms with Crippen LogP contribution >= 0.6 is 0 Å². The molecule has 2 aromatic rings. The summed E-state index contributed by atoms with van der Waals surface area (Å²) >= 11 is 0. The highest BCUT2D eigenvalue weighted by Gasteiger charge is 2.35. The second-order valence-electron chi connectivity index (χ2n) is 7.26. The lowest BCUT2D eigenvalue weighted by atomic mass is 9.83. The zero-order valence-corrected chi connectivity index (χ0v) is 16.9. The summed E-state index contributed by atoms with van der Waals surface area (Å²) in [6.45, 7) is 1.31. The summed E-state index contributed by atoms with van der Waals surface area (Å²) in [6.07, 6.45) is 1.72. The van der Waals surface area contributed by atoms with Gasteiger partial charge in [0.2, 0.25) is 0 Å². The maximum atomic E-state index is 10.9. The van der Waals surface area contributed by atoms with E-state index in [1.807, 2.05) is 18.2 Å². The predicted molar refractivity (Wildman–Crippen MR) is 106 cm³/mol. The molecule has 0 aromatic heterocycles. The molecule has 0 saturated heterocycles. The monoisotopic (exact) mass is 399 g/mol. The van der Waals surface area contributed by atoms with Crippen molar-refractivity contribution in [3.8, 4) is 23.0 Å². The number of nitrogens with zero attached hydrogens (tertiary/aromatic N) is 1. The van der Waals surface area contributed by atoms with Crippen LogP contribution in [0.15, 0.2) is 24.3 Å². The van der Waals surface area contributed by atoms with Gasteiger partial charge in [-0.15, -0.1) is 0 Å². The Balaban J connectivity index is 1.70. The maximum Gasteiger partial charge on any atom is 0.341 e. The molecule has 2 aromatic carbocycles. The Kier molecular flexibility index (Phi) is 5.24. The van der Waals surface area contributed by atoms with Gasteiger partial charge in [-0.25, -0.2) is 4.79 Å². The number of carboxylic acid groups (broad SMARTS) is 1. The van der Waals surface area contributed by atoms with Crippen LogP contribution in [0.25, 0.3) is 0 Å². The number of carbonyl (C=O) groups is 1. The molecule has 29 heavy (non-hydrogen) atoms.